The molecule has 1 aliphatic heterocycles. The van der Waals surface area contributed by atoms with E-state index >= 15 is 0 Å². The average Bonchev–Trinajstić information content (AvgIpc) is 2.76. The molecule has 1 fully saturated rings. The molecular formula is C10H20N2O3. The molecule has 0 aliphatic carbocycles. The number of hydroxylamine groups is 1. The maximum Gasteiger partial charge on any atom is 0.241 e. The maximum absolute atomic E-state index is 11.8. The third-order valence-corrected chi connectivity index (χ3v) is 2.44. The first kappa shape index (κ1) is 12.4. The maximum atomic E-state index is 11.8. The van der Waals surface area contributed by atoms with E-state index in [1.54, 1.807) is 7.11 Å². The van der Waals surface area contributed by atoms with E-state index in [1.807, 2.05) is 11.8 Å². The van der Waals surface area contributed by atoms with Crippen molar-refractivity contribution in [1.29, 1.82) is 0 Å². The Morgan fingerprint density at radius 2 is 2.07 bits per heavy atom. The Morgan fingerprint density at radius 1 is 1.40 bits per heavy atom. The quantitative estimate of drug-likeness (QED) is 0.508. The van der Waals surface area contributed by atoms with Gasteiger partial charge in [-0.15, -0.1) is 0 Å². The van der Waals surface area contributed by atoms with Gasteiger partial charge in [0.05, 0.1) is 13.2 Å². The summed E-state index contributed by atoms with van der Waals surface area (Å²) in [5.74, 6) is 0.116. The van der Waals surface area contributed by atoms with Crippen molar-refractivity contribution < 1.29 is 14.4 Å². The van der Waals surface area contributed by atoms with Gasteiger partial charge in [-0.05, 0) is 19.8 Å². The molecule has 1 N–H and O–H groups in total. The fraction of sp³-hybridized carbons (Fsp3) is 0.900. The van der Waals surface area contributed by atoms with E-state index in [4.69, 9.17) is 9.57 Å². The first-order valence-electron chi connectivity index (χ1n) is 5.40. The minimum atomic E-state index is -0.278. The lowest BCUT2D eigenvalue weighted by Crippen LogP contribution is -2.43. The molecule has 0 spiro atoms. The van der Waals surface area contributed by atoms with Crippen molar-refractivity contribution in [3.8, 4) is 0 Å². The lowest BCUT2D eigenvalue weighted by atomic mass is 10.3. The minimum absolute atomic E-state index is 0.116. The van der Waals surface area contributed by atoms with Crippen molar-refractivity contribution in [1.82, 2.24) is 10.4 Å². The van der Waals surface area contributed by atoms with Crippen LogP contribution in [-0.2, 0) is 14.4 Å². The zero-order valence-corrected chi connectivity index (χ0v) is 9.49. The molecule has 5 nitrogen and oxygen atoms in total. The number of hydrogen-bond acceptors (Lipinski definition) is 4. The zero-order valence-electron chi connectivity index (χ0n) is 9.49. The predicted molar refractivity (Wildman–Crippen MR) is 56.2 cm³/mol. The molecule has 0 aromatic heterocycles. The van der Waals surface area contributed by atoms with Gasteiger partial charge in [0.25, 0.3) is 0 Å². The van der Waals surface area contributed by atoms with Crippen LogP contribution in [0, 0.1) is 0 Å². The minimum Gasteiger partial charge on any atom is -0.382 e. The molecule has 1 atom stereocenters. The van der Waals surface area contributed by atoms with Crippen LogP contribution >= 0.6 is 0 Å². The van der Waals surface area contributed by atoms with Crippen molar-refractivity contribution in [2.45, 2.75) is 25.8 Å². The van der Waals surface area contributed by atoms with Crippen LogP contribution in [0.5, 0.6) is 0 Å². The Bertz CT molecular complexity index is 193. The topological polar surface area (TPSA) is 50.8 Å². The fourth-order valence-corrected chi connectivity index (χ4v) is 1.57. The summed E-state index contributed by atoms with van der Waals surface area (Å²) in [7, 11) is 1.61. The molecule has 0 radical (unpaired) electrons. The highest BCUT2D eigenvalue weighted by atomic mass is 16.7. The molecule has 0 aromatic rings. The Labute approximate surface area is 90.7 Å². The standard InChI is InChI=1S/C10H20N2O3/c1-9(11-15-8-7-14-2)10(13)12-5-3-4-6-12/h9,11H,3-8H2,1-2H3. The SMILES string of the molecule is COCCONC(C)C(=O)N1CCCC1. The molecule has 0 saturated carbocycles. The number of likely N-dealkylation sites (tertiary alicyclic amines) is 1. The summed E-state index contributed by atoms with van der Waals surface area (Å²) in [6.07, 6.45) is 2.23. The summed E-state index contributed by atoms with van der Waals surface area (Å²) < 4.78 is 4.82. The Hall–Kier alpha value is -0.650. The highest BCUT2D eigenvalue weighted by molar-refractivity contribution is 5.81. The van der Waals surface area contributed by atoms with Gasteiger partial charge in [0, 0.05) is 20.2 Å². The van der Waals surface area contributed by atoms with Gasteiger partial charge in [-0.25, -0.2) is 0 Å². The van der Waals surface area contributed by atoms with Crippen molar-refractivity contribution in [2.24, 2.45) is 0 Å². The van der Waals surface area contributed by atoms with E-state index < -0.39 is 0 Å². The highest BCUT2D eigenvalue weighted by Gasteiger charge is 2.22. The second-order valence-corrected chi connectivity index (χ2v) is 3.71. The average molecular weight is 216 g/mol. The first-order valence-corrected chi connectivity index (χ1v) is 5.40. The fourth-order valence-electron chi connectivity index (χ4n) is 1.57. The molecule has 88 valence electrons. The molecule has 5 heteroatoms. The number of ether oxygens (including phenoxy) is 1. The van der Waals surface area contributed by atoms with Gasteiger partial charge in [-0.3, -0.25) is 9.63 Å². The summed E-state index contributed by atoms with van der Waals surface area (Å²) in [5.41, 5.74) is 2.72. The number of methoxy groups -OCH3 is 1. The van der Waals surface area contributed by atoms with E-state index in [-0.39, 0.29) is 11.9 Å². The molecule has 1 aliphatic rings. The second kappa shape index (κ2) is 6.76. The van der Waals surface area contributed by atoms with Gasteiger partial charge in [0.15, 0.2) is 0 Å². The molecule has 1 unspecified atom stereocenters. The van der Waals surface area contributed by atoms with Gasteiger partial charge in [0.1, 0.15) is 6.04 Å². The van der Waals surface area contributed by atoms with E-state index in [9.17, 15) is 4.79 Å². The number of carbonyl (C=O) groups excluding carboxylic acids is 1. The number of hydrogen-bond donors (Lipinski definition) is 1. The smallest absolute Gasteiger partial charge is 0.241 e. The van der Waals surface area contributed by atoms with Gasteiger partial charge in [-0.1, -0.05) is 0 Å². The molecule has 15 heavy (non-hydrogen) atoms. The van der Waals surface area contributed by atoms with E-state index in [0.29, 0.717) is 13.2 Å². The van der Waals surface area contributed by atoms with Gasteiger partial charge < -0.3 is 9.64 Å². The van der Waals surface area contributed by atoms with Crippen LogP contribution in [-0.4, -0.2) is 50.3 Å². The molecule has 1 saturated heterocycles. The molecule has 0 bridgehead atoms. The lowest BCUT2D eigenvalue weighted by molar-refractivity contribution is -0.136. The monoisotopic (exact) mass is 216 g/mol. The molecular weight excluding hydrogens is 196 g/mol. The van der Waals surface area contributed by atoms with E-state index in [0.717, 1.165) is 25.9 Å². The third kappa shape index (κ3) is 4.15. The van der Waals surface area contributed by atoms with Crippen molar-refractivity contribution in [3.63, 3.8) is 0 Å². The van der Waals surface area contributed by atoms with Gasteiger partial charge in [0.2, 0.25) is 5.91 Å². The lowest BCUT2D eigenvalue weighted by Gasteiger charge is -2.20. The Balaban J connectivity index is 2.14. The predicted octanol–water partition coefficient (Wildman–Crippen LogP) is 0.165. The van der Waals surface area contributed by atoms with Crippen LogP contribution in [0.4, 0.5) is 0 Å². The number of amides is 1. The summed E-state index contributed by atoms with van der Waals surface area (Å²) in [5, 5.41) is 0. The van der Waals surface area contributed by atoms with E-state index in [1.165, 1.54) is 0 Å². The first-order chi connectivity index (χ1) is 7.25. The van der Waals surface area contributed by atoms with Crippen LogP contribution < -0.4 is 5.48 Å². The third-order valence-electron chi connectivity index (χ3n) is 2.44. The van der Waals surface area contributed by atoms with Crippen LogP contribution in [0.1, 0.15) is 19.8 Å². The summed E-state index contributed by atoms with van der Waals surface area (Å²) in [4.78, 5) is 18.7. The molecule has 1 rings (SSSR count). The molecule has 1 heterocycles. The van der Waals surface area contributed by atoms with Crippen LogP contribution in [0.2, 0.25) is 0 Å². The summed E-state index contributed by atoms with van der Waals surface area (Å²) in [6, 6.07) is -0.278. The molecule has 0 aromatic carbocycles. The van der Waals surface area contributed by atoms with Gasteiger partial charge >= 0.3 is 0 Å². The Kier molecular flexibility index (Phi) is 5.60. The van der Waals surface area contributed by atoms with Gasteiger partial charge in [-0.2, -0.15) is 5.48 Å². The largest absolute Gasteiger partial charge is 0.382 e. The summed E-state index contributed by atoms with van der Waals surface area (Å²) in [6.45, 7) is 4.55. The second-order valence-electron chi connectivity index (χ2n) is 3.71. The zero-order chi connectivity index (χ0) is 11.1. The highest BCUT2D eigenvalue weighted by Crippen LogP contribution is 2.08. The van der Waals surface area contributed by atoms with Crippen LogP contribution in [0.15, 0.2) is 0 Å². The van der Waals surface area contributed by atoms with Crippen molar-refractivity contribution in [2.75, 3.05) is 33.4 Å². The Morgan fingerprint density at radius 3 is 2.67 bits per heavy atom. The number of rotatable bonds is 6. The van der Waals surface area contributed by atoms with E-state index in [2.05, 4.69) is 5.48 Å². The van der Waals surface area contributed by atoms with Crippen LogP contribution in [0.25, 0.3) is 0 Å². The normalized spacial score (nSPS) is 18.1. The number of nitrogens with one attached hydrogen (secondary N) is 1. The number of nitrogens with zero attached hydrogens (tertiary/aromatic N) is 1. The molecule has 1 amide bonds. The summed E-state index contributed by atoms with van der Waals surface area (Å²) >= 11 is 0. The van der Waals surface area contributed by atoms with Crippen molar-refractivity contribution >= 4 is 5.91 Å². The van der Waals surface area contributed by atoms with Crippen LogP contribution in [0.3, 0.4) is 0 Å². The number of carbonyl (C=O) groups is 1. The van der Waals surface area contributed by atoms with Crippen molar-refractivity contribution in [3.05, 3.63) is 0 Å².